The van der Waals surface area contributed by atoms with Crippen molar-refractivity contribution in [3.63, 3.8) is 0 Å². The van der Waals surface area contributed by atoms with Crippen LogP contribution in [0.4, 0.5) is 0 Å². The van der Waals surface area contributed by atoms with Gasteiger partial charge in [-0.3, -0.25) is 0 Å². The third-order valence-electron chi connectivity index (χ3n) is 5.07. The predicted molar refractivity (Wildman–Crippen MR) is 105 cm³/mol. The molecule has 1 aliphatic heterocycles. The van der Waals surface area contributed by atoms with Crippen molar-refractivity contribution in [3.05, 3.63) is 60.7 Å². The Morgan fingerprint density at radius 2 is 1.42 bits per heavy atom. The van der Waals surface area contributed by atoms with E-state index in [4.69, 9.17) is 4.43 Å². The summed E-state index contributed by atoms with van der Waals surface area (Å²) in [5.74, 6) is 0. The summed E-state index contributed by atoms with van der Waals surface area (Å²) in [4.78, 5) is 0. The molecule has 1 heterocycles. The summed E-state index contributed by atoms with van der Waals surface area (Å²) >= 11 is 0. The molecule has 0 aromatic heterocycles. The average molecular weight is 340 g/mol. The van der Waals surface area contributed by atoms with Crippen molar-refractivity contribution in [2.75, 3.05) is 6.54 Å². The van der Waals surface area contributed by atoms with Crippen LogP contribution in [0.2, 0.25) is 5.04 Å². The van der Waals surface area contributed by atoms with Crippen molar-refractivity contribution >= 4 is 18.7 Å². The zero-order chi connectivity index (χ0) is 17.2. The fourth-order valence-corrected chi connectivity index (χ4v) is 8.62. The van der Waals surface area contributed by atoms with E-state index in [0.29, 0.717) is 6.04 Å². The van der Waals surface area contributed by atoms with E-state index in [1.807, 2.05) is 0 Å². The second-order valence-electron chi connectivity index (χ2n) is 7.95. The molecule has 2 unspecified atom stereocenters. The third kappa shape index (κ3) is 3.21. The Morgan fingerprint density at radius 1 is 0.917 bits per heavy atom. The first-order valence-electron chi connectivity index (χ1n) is 8.96. The monoisotopic (exact) mass is 339 g/mol. The van der Waals surface area contributed by atoms with Gasteiger partial charge in [0, 0.05) is 12.6 Å². The minimum atomic E-state index is -2.38. The van der Waals surface area contributed by atoms with E-state index in [2.05, 4.69) is 93.7 Å². The normalized spacial score (nSPS) is 21.8. The molecule has 1 fully saturated rings. The average Bonchev–Trinajstić information content (AvgIpc) is 2.98. The third-order valence-corrected chi connectivity index (χ3v) is 10.2. The SMILES string of the molecule is CC1CC(O[Si](c2ccccc2)(c2ccccc2)C(C)(C)C)CN1. The lowest BCUT2D eigenvalue weighted by Crippen LogP contribution is -2.67. The van der Waals surface area contributed by atoms with Gasteiger partial charge in [0.05, 0.1) is 6.10 Å². The molecular formula is C21H29NOSi. The second-order valence-corrected chi connectivity index (χ2v) is 12.2. The van der Waals surface area contributed by atoms with Crippen molar-refractivity contribution in [2.45, 2.75) is 51.3 Å². The van der Waals surface area contributed by atoms with E-state index in [0.717, 1.165) is 13.0 Å². The van der Waals surface area contributed by atoms with Crippen LogP contribution < -0.4 is 15.7 Å². The highest BCUT2D eigenvalue weighted by molar-refractivity contribution is 6.99. The van der Waals surface area contributed by atoms with Gasteiger partial charge in [0.25, 0.3) is 8.32 Å². The van der Waals surface area contributed by atoms with Crippen LogP contribution in [0.25, 0.3) is 0 Å². The van der Waals surface area contributed by atoms with E-state index in [9.17, 15) is 0 Å². The quantitative estimate of drug-likeness (QED) is 0.863. The van der Waals surface area contributed by atoms with Crippen molar-refractivity contribution in [1.82, 2.24) is 5.32 Å². The van der Waals surface area contributed by atoms with E-state index in [1.54, 1.807) is 0 Å². The zero-order valence-electron chi connectivity index (χ0n) is 15.3. The molecule has 2 nitrogen and oxygen atoms in total. The number of rotatable bonds is 4. The molecule has 2 aromatic rings. The molecule has 1 saturated heterocycles. The maximum atomic E-state index is 7.08. The van der Waals surface area contributed by atoms with Crippen LogP contribution in [0, 0.1) is 0 Å². The molecule has 2 aromatic carbocycles. The maximum absolute atomic E-state index is 7.08. The van der Waals surface area contributed by atoms with Crippen LogP contribution in [0.5, 0.6) is 0 Å². The molecule has 0 radical (unpaired) electrons. The van der Waals surface area contributed by atoms with Gasteiger partial charge in [0.2, 0.25) is 0 Å². The molecule has 0 amide bonds. The Bertz CT molecular complexity index is 611. The van der Waals surface area contributed by atoms with E-state index in [-0.39, 0.29) is 11.1 Å². The fraction of sp³-hybridized carbons (Fsp3) is 0.429. The molecular weight excluding hydrogens is 310 g/mol. The van der Waals surface area contributed by atoms with Gasteiger partial charge in [-0.1, -0.05) is 81.4 Å². The Morgan fingerprint density at radius 3 is 1.79 bits per heavy atom. The Hall–Kier alpha value is -1.42. The summed E-state index contributed by atoms with van der Waals surface area (Å²) in [7, 11) is -2.38. The highest BCUT2D eigenvalue weighted by atomic mass is 28.4. The lowest BCUT2D eigenvalue weighted by molar-refractivity contribution is 0.205. The number of nitrogens with one attached hydrogen (secondary N) is 1. The van der Waals surface area contributed by atoms with Crippen LogP contribution in [0.3, 0.4) is 0 Å². The molecule has 0 bridgehead atoms. The van der Waals surface area contributed by atoms with Gasteiger partial charge in [0.15, 0.2) is 0 Å². The molecule has 3 heteroatoms. The maximum Gasteiger partial charge on any atom is 0.261 e. The number of benzene rings is 2. The molecule has 2 atom stereocenters. The van der Waals surface area contributed by atoms with E-state index in [1.165, 1.54) is 10.4 Å². The van der Waals surface area contributed by atoms with Crippen molar-refractivity contribution in [2.24, 2.45) is 0 Å². The molecule has 128 valence electrons. The molecule has 0 saturated carbocycles. The lowest BCUT2D eigenvalue weighted by Gasteiger charge is -2.44. The minimum absolute atomic E-state index is 0.0571. The lowest BCUT2D eigenvalue weighted by atomic mass is 10.2. The highest BCUT2D eigenvalue weighted by Gasteiger charge is 2.51. The molecule has 3 rings (SSSR count). The van der Waals surface area contributed by atoms with Gasteiger partial charge in [0.1, 0.15) is 0 Å². The van der Waals surface area contributed by atoms with Crippen molar-refractivity contribution < 1.29 is 4.43 Å². The van der Waals surface area contributed by atoms with Crippen molar-refractivity contribution in [1.29, 1.82) is 0 Å². The Kier molecular flexibility index (Phi) is 4.95. The first-order chi connectivity index (χ1) is 11.4. The van der Waals surface area contributed by atoms with Crippen LogP contribution in [-0.2, 0) is 4.43 Å². The summed E-state index contributed by atoms with van der Waals surface area (Å²) in [5.41, 5.74) is 0. The van der Waals surface area contributed by atoms with Gasteiger partial charge >= 0.3 is 0 Å². The van der Waals surface area contributed by atoms with Crippen LogP contribution in [-0.4, -0.2) is 27.0 Å². The largest absolute Gasteiger partial charge is 0.403 e. The van der Waals surface area contributed by atoms with Gasteiger partial charge in [-0.25, -0.2) is 0 Å². The van der Waals surface area contributed by atoms with E-state index >= 15 is 0 Å². The van der Waals surface area contributed by atoms with Gasteiger partial charge in [-0.15, -0.1) is 0 Å². The smallest absolute Gasteiger partial charge is 0.261 e. The summed E-state index contributed by atoms with van der Waals surface area (Å²) in [5, 5.41) is 6.33. The van der Waals surface area contributed by atoms with Gasteiger partial charge < -0.3 is 9.74 Å². The van der Waals surface area contributed by atoms with Gasteiger partial charge in [-0.05, 0) is 28.8 Å². The minimum Gasteiger partial charge on any atom is -0.403 e. The summed E-state index contributed by atoms with van der Waals surface area (Å²) < 4.78 is 7.08. The molecule has 24 heavy (non-hydrogen) atoms. The predicted octanol–water partition coefficient (Wildman–Crippen LogP) is 3.31. The standard InChI is InChI=1S/C21H29NOSi/c1-17-15-18(16-22-17)23-24(21(2,3)4,19-11-7-5-8-12-19)20-13-9-6-10-14-20/h5-14,17-18,22H,15-16H2,1-4H3. The molecule has 1 N–H and O–H groups in total. The Balaban J connectivity index is 2.14. The first kappa shape index (κ1) is 17.4. The van der Waals surface area contributed by atoms with Crippen LogP contribution >= 0.6 is 0 Å². The molecule has 0 spiro atoms. The molecule has 1 aliphatic rings. The topological polar surface area (TPSA) is 21.3 Å². The number of hydrogen-bond acceptors (Lipinski definition) is 2. The van der Waals surface area contributed by atoms with Crippen molar-refractivity contribution in [3.8, 4) is 0 Å². The van der Waals surface area contributed by atoms with E-state index < -0.39 is 8.32 Å². The summed E-state index contributed by atoms with van der Waals surface area (Å²) in [6.45, 7) is 10.2. The fourth-order valence-electron chi connectivity index (χ4n) is 3.92. The summed E-state index contributed by atoms with van der Waals surface area (Å²) in [6.07, 6.45) is 1.37. The first-order valence-corrected chi connectivity index (χ1v) is 10.9. The second kappa shape index (κ2) is 6.83. The van der Waals surface area contributed by atoms with Gasteiger partial charge in [-0.2, -0.15) is 0 Å². The van der Waals surface area contributed by atoms with Crippen LogP contribution in [0.15, 0.2) is 60.7 Å². The van der Waals surface area contributed by atoms with Crippen LogP contribution in [0.1, 0.15) is 34.1 Å². The number of hydrogen-bond donors (Lipinski definition) is 1. The zero-order valence-corrected chi connectivity index (χ0v) is 16.3. The Labute approximate surface area is 147 Å². The molecule has 0 aliphatic carbocycles. The summed E-state index contributed by atoms with van der Waals surface area (Å²) in [6, 6.07) is 22.3. The highest BCUT2D eigenvalue weighted by Crippen LogP contribution is 2.38.